The first kappa shape index (κ1) is 17.6. The fraction of sp³-hybridized carbons (Fsp3) is 0.923. The van der Waals surface area contributed by atoms with Crippen LogP contribution in [0, 0.1) is 0 Å². The largest absolute Gasteiger partial charge is 0.379 e. The predicted octanol–water partition coefficient (Wildman–Crippen LogP) is -1.51. The lowest BCUT2D eigenvalue weighted by molar-refractivity contribution is -0.120. The monoisotopic (exact) mass is 335 g/mol. The van der Waals surface area contributed by atoms with E-state index < -0.39 is 10.0 Å². The number of morpholine rings is 2. The van der Waals surface area contributed by atoms with Gasteiger partial charge in [-0.25, -0.2) is 8.42 Å². The molecule has 0 saturated carbocycles. The van der Waals surface area contributed by atoms with Crippen molar-refractivity contribution in [3.63, 3.8) is 0 Å². The van der Waals surface area contributed by atoms with E-state index in [0.29, 0.717) is 32.8 Å². The predicted molar refractivity (Wildman–Crippen MR) is 81.1 cm³/mol. The summed E-state index contributed by atoms with van der Waals surface area (Å²) in [6, 6.07) is 0. The zero-order chi connectivity index (χ0) is 15.8. The summed E-state index contributed by atoms with van der Waals surface area (Å²) in [7, 11) is -3.36. The molecule has 0 aromatic rings. The van der Waals surface area contributed by atoms with Crippen molar-refractivity contribution >= 4 is 15.9 Å². The number of hydrogen-bond donors (Lipinski definition) is 1. The molecule has 2 heterocycles. The second-order valence-electron chi connectivity index (χ2n) is 5.38. The maximum atomic E-state index is 12.1. The van der Waals surface area contributed by atoms with Gasteiger partial charge in [0, 0.05) is 45.7 Å². The van der Waals surface area contributed by atoms with Crippen LogP contribution in [0.4, 0.5) is 0 Å². The van der Waals surface area contributed by atoms with E-state index in [4.69, 9.17) is 9.47 Å². The average molecular weight is 335 g/mol. The standard InChI is InChI=1S/C13H25N3O5S/c17-13(14-2-3-15-4-8-20-9-5-15)1-12-22(18,19)16-6-10-21-11-7-16/h1-12H2,(H,14,17). The summed E-state index contributed by atoms with van der Waals surface area (Å²) in [6.45, 7) is 6.11. The minimum absolute atomic E-state index is 0.00278. The van der Waals surface area contributed by atoms with Crippen LogP contribution < -0.4 is 5.32 Å². The molecule has 128 valence electrons. The second-order valence-corrected chi connectivity index (χ2v) is 7.47. The Kier molecular flexibility index (Phi) is 7.03. The van der Waals surface area contributed by atoms with Crippen LogP contribution in [0.15, 0.2) is 0 Å². The van der Waals surface area contributed by atoms with Crippen molar-refractivity contribution in [2.24, 2.45) is 0 Å². The molecule has 0 radical (unpaired) electrons. The Morgan fingerprint density at radius 3 is 2.23 bits per heavy atom. The molecule has 22 heavy (non-hydrogen) atoms. The minimum atomic E-state index is -3.36. The van der Waals surface area contributed by atoms with Crippen molar-refractivity contribution in [3.05, 3.63) is 0 Å². The fourth-order valence-electron chi connectivity index (χ4n) is 2.44. The van der Waals surface area contributed by atoms with Crippen LogP contribution in [0.3, 0.4) is 0 Å². The Bertz CT molecular complexity index is 445. The molecule has 1 amide bonds. The highest BCUT2D eigenvalue weighted by molar-refractivity contribution is 7.89. The molecule has 2 rings (SSSR count). The van der Waals surface area contributed by atoms with E-state index in [9.17, 15) is 13.2 Å². The van der Waals surface area contributed by atoms with Gasteiger partial charge in [-0.1, -0.05) is 0 Å². The number of nitrogens with one attached hydrogen (secondary N) is 1. The number of sulfonamides is 1. The number of carbonyl (C=O) groups excluding carboxylic acids is 1. The van der Waals surface area contributed by atoms with Gasteiger partial charge in [0.25, 0.3) is 0 Å². The summed E-state index contributed by atoms with van der Waals surface area (Å²) in [6.07, 6.45) is 0.00278. The molecular weight excluding hydrogens is 310 g/mol. The van der Waals surface area contributed by atoms with Gasteiger partial charge in [0.15, 0.2) is 0 Å². The molecular formula is C13H25N3O5S. The number of rotatable bonds is 7. The Morgan fingerprint density at radius 2 is 1.59 bits per heavy atom. The SMILES string of the molecule is O=C(CCS(=O)(=O)N1CCOCC1)NCCN1CCOCC1. The molecule has 0 unspecified atom stereocenters. The molecule has 0 aromatic carbocycles. The van der Waals surface area contributed by atoms with Crippen LogP contribution in [-0.4, -0.2) is 95.0 Å². The van der Waals surface area contributed by atoms with Gasteiger partial charge in [0.2, 0.25) is 15.9 Å². The molecule has 2 aliphatic heterocycles. The number of hydrogen-bond acceptors (Lipinski definition) is 6. The lowest BCUT2D eigenvalue weighted by Crippen LogP contribution is -2.43. The van der Waals surface area contributed by atoms with Crippen molar-refractivity contribution in [3.8, 4) is 0 Å². The number of ether oxygens (including phenoxy) is 2. The summed E-state index contributed by atoms with van der Waals surface area (Å²) in [5, 5.41) is 2.78. The van der Waals surface area contributed by atoms with Crippen molar-refractivity contribution in [1.29, 1.82) is 0 Å². The summed E-state index contributed by atoms with van der Waals surface area (Å²) < 4.78 is 35.9. The molecule has 0 aromatic heterocycles. The van der Waals surface area contributed by atoms with Gasteiger partial charge in [-0.05, 0) is 0 Å². The minimum Gasteiger partial charge on any atom is -0.379 e. The first-order chi connectivity index (χ1) is 10.6. The van der Waals surface area contributed by atoms with E-state index in [0.717, 1.165) is 32.8 Å². The van der Waals surface area contributed by atoms with Crippen LogP contribution in [0.25, 0.3) is 0 Å². The maximum absolute atomic E-state index is 12.1. The normalized spacial score (nSPS) is 21.6. The van der Waals surface area contributed by atoms with Gasteiger partial charge in [0.1, 0.15) is 0 Å². The van der Waals surface area contributed by atoms with E-state index in [1.165, 1.54) is 4.31 Å². The van der Waals surface area contributed by atoms with Crippen LogP contribution in [0.2, 0.25) is 0 Å². The van der Waals surface area contributed by atoms with Crippen LogP contribution in [0.1, 0.15) is 6.42 Å². The average Bonchev–Trinajstić information content (AvgIpc) is 2.55. The summed E-state index contributed by atoms with van der Waals surface area (Å²) in [5.74, 6) is -0.360. The van der Waals surface area contributed by atoms with Crippen LogP contribution in [-0.2, 0) is 24.3 Å². The second kappa shape index (κ2) is 8.78. The van der Waals surface area contributed by atoms with E-state index in [1.54, 1.807) is 0 Å². The number of nitrogens with zero attached hydrogens (tertiary/aromatic N) is 2. The molecule has 0 spiro atoms. The Balaban J connectivity index is 1.62. The first-order valence-corrected chi connectivity index (χ1v) is 9.31. The fourth-order valence-corrected chi connectivity index (χ4v) is 3.85. The summed E-state index contributed by atoms with van der Waals surface area (Å²) in [5.41, 5.74) is 0. The van der Waals surface area contributed by atoms with Gasteiger partial charge in [-0.3, -0.25) is 9.69 Å². The van der Waals surface area contributed by atoms with Gasteiger partial charge in [0.05, 0.1) is 32.2 Å². The third-order valence-electron chi connectivity index (χ3n) is 3.80. The topological polar surface area (TPSA) is 88.2 Å². The lowest BCUT2D eigenvalue weighted by Gasteiger charge is -2.26. The summed E-state index contributed by atoms with van der Waals surface area (Å²) in [4.78, 5) is 14.0. The third-order valence-corrected chi connectivity index (χ3v) is 5.68. The van der Waals surface area contributed by atoms with E-state index in [1.807, 2.05) is 0 Å². The Morgan fingerprint density at radius 1 is 1.00 bits per heavy atom. The highest BCUT2D eigenvalue weighted by Crippen LogP contribution is 2.06. The van der Waals surface area contributed by atoms with Crippen LogP contribution >= 0.6 is 0 Å². The van der Waals surface area contributed by atoms with Gasteiger partial charge < -0.3 is 14.8 Å². The smallest absolute Gasteiger partial charge is 0.221 e. The summed E-state index contributed by atoms with van der Waals surface area (Å²) >= 11 is 0. The van der Waals surface area contributed by atoms with Crippen molar-refractivity contribution < 1.29 is 22.7 Å². The first-order valence-electron chi connectivity index (χ1n) is 7.70. The molecule has 2 saturated heterocycles. The molecule has 2 aliphatic rings. The van der Waals surface area contributed by atoms with Gasteiger partial charge in [-0.2, -0.15) is 4.31 Å². The van der Waals surface area contributed by atoms with E-state index >= 15 is 0 Å². The zero-order valence-electron chi connectivity index (χ0n) is 12.8. The van der Waals surface area contributed by atoms with Crippen molar-refractivity contribution in [2.45, 2.75) is 6.42 Å². The number of amides is 1. The van der Waals surface area contributed by atoms with Crippen LogP contribution in [0.5, 0.6) is 0 Å². The zero-order valence-corrected chi connectivity index (χ0v) is 13.6. The molecule has 1 N–H and O–H groups in total. The highest BCUT2D eigenvalue weighted by Gasteiger charge is 2.24. The molecule has 8 nitrogen and oxygen atoms in total. The van der Waals surface area contributed by atoms with Gasteiger partial charge in [-0.15, -0.1) is 0 Å². The molecule has 2 fully saturated rings. The molecule has 0 bridgehead atoms. The van der Waals surface area contributed by atoms with Gasteiger partial charge >= 0.3 is 0 Å². The maximum Gasteiger partial charge on any atom is 0.221 e. The van der Waals surface area contributed by atoms with Crippen molar-refractivity contribution in [1.82, 2.24) is 14.5 Å². The van der Waals surface area contributed by atoms with Crippen molar-refractivity contribution in [2.75, 3.05) is 71.4 Å². The molecule has 9 heteroatoms. The third kappa shape index (κ3) is 5.81. The number of carbonyl (C=O) groups is 1. The van der Waals surface area contributed by atoms with E-state index in [2.05, 4.69) is 10.2 Å². The lowest BCUT2D eigenvalue weighted by atomic mass is 10.4. The Labute approximate surface area is 131 Å². The molecule has 0 atom stereocenters. The quantitative estimate of drug-likeness (QED) is 0.608. The highest BCUT2D eigenvalue weighted by atomic mass is 32.2. The molecule has 0 aliphatic carbocycles. The Hall–Kier alpha value is -0.740. The van der Waals surface area contributed by atoms with E-state index in [-0.39, 0.29) is 18.1 Å².